The summed E-state index contributed by atoms with van der Waals surface area (Å²) in [5.74, 6) is 2.55. The van der Waals surface area contributed by atoms with E-state index in [1.165, 1.54) is 24.8 Å². The highest BCUT2D eigenvalue weighted by molar-refractivity contribution is 5.47. The van der Waals surface area contributed by atoms with Gasteiger partial charge in [-0.15, -0.1) is 0 Å². The van der Waals surface area contributed by atoms with Gasteiger partial charge in [0.15, 0.2) is 0 Å². The number of methoxy groups -OCH3 is 2. The molecule has 0 saturated heterocycles. The molecule has 3 nitrogen and oxygen atoms in total. The molecule has 100 valence electrons. The molecule has 0 aromatic heterocycles. The van der Waals surface area contributed by atoms with Crippen molar-refractivity contribution in [3.05, 3.63) is 23.8 Å². The van der Waals surface area contributed by atoms with Crippen molar-refractivity contribution < 1.29 is 9.47 Å². The van der Waals surface area contributed by atoms with Gasteiger partial charge < -0.3 is 14.8 Å². The first kappa shape index (κ1) is 13.2. The largest absolute Gasteiger partial charge is 0.496 e. The van der Waals surface area contributed by atoms with E-state index in [2.05, 4.69) is 12.2 Å². The van der Waals surface area contributed by atoms with Crippen molar-refractivity contribution in [1.82, 2.24) is 5.32 Å². The second-order valence-corrected chi connectivity index (χ2v) is 4.80. The monoisotopic (exact) mass is 249 g/mol. The van der Waals surface area contributed by atoms with Crippen LogP contribution in [0.1, 0.15) is 37.8 Å². The second kappa shape index (κ2) is 6.10. The van der Waals surface area contributed by atoms with Crippen molar-refractivity contribution in [2.45, 2.75) is 32.2 Å². The first-order chi connectivity index (χ1) is 8.81. The summed E-state index contributed by atoms with van der Waals surface area (Å²) in [5, 5.41) is 3.59. The number of ether oxygens (including phenoxy) is 2. The van der Waals surface area contributed by atoms with Crippen molar-refractivity contribution in [2.24, 2.45) is 5.92 Å². The Morgan fingerprint density at radius 1 is 1.22 bits per heavy atom. The van der Waals surface area contributed by atoms with Crippen LogP contribution in [-0.4, -0.2) is 20.8 Å². The normalized spacial score (nSPS) is 17.1. The molecule has 1 aliphatic carbocycles. The summed E-state index contributed by atoms with van der Waals surface area (Å²) in [4.78, 5) is 0. The second-order valence-electron chi connectivity index (χ2n) is 4.80. The van der Waals surface area contributed by atoms with Crippen molar-refractivity contribution in [2.75, 3.05) is 20.8 Å². The smallest absolute Gasteiger partial charge is 0.127 e. The van der Waals surface area contributed by atoms with Crippen molar-refractivity contribution in [3.8, 4) is 11.5 Å². The van der Waals surface area contributed by atoms with Crippen molar-refractivity contribution in [1.29, 1.82) is 0 Å². The molecule has 1 unspecified atom stereocenters. The zero-order chi connectivity index (χ0) is 13.0. The van der Waals surface area contributed by atoms with Gasteiger partial charge in [0, 0.05) is 6.04 Å². The Bertz CT molecular complexity index is 366. The molecule has 1 aromatic carbocycles. The minimum atomic E-state index is 0.342. The maximum Gasteiger partial charge on any atom is 0.127 e. The first-order valence-electron chi connectivity index (χ1n) is 6.76. The Morgan fingerprint density at radius 2 is 1.83 bits per heavy atom. The van der Waals surface area contributed by atoms with Gasteiger partial charge in [-0.2, -0.15) is 0 Å². The average molecular weight is 249 g/mol. The highest BCUT2D eigenvalue weighted by Crippen LogP contribution is 2.44. The molecule has 0 radical (unpaired) electrons. The number of rotatable bonds is 6. The Kier molecular flexibility index (Phi) is 4.48. The van der Waals surface area contributed by atoms with Gasteiger partial charge in [-0.1, -0.05) is 19.4 Å². The standard InChI is InChI=1S/C15H23NO2/c1-4-16-15(11-7-5-8-11)14-12(17-2)9-6-10-13(14)18-3/h6,9-11,15-16H,4-5,7-8H2,1-3H3. The van der Waals surface area contributed by atoms with Crippen LogP contribution < -0.4 is 14.8 Å². The first-order valence-corrected chi connectivity index (χ1v) is 6.76. The molecule has 1 atom stereocenters. The van der Waals surface area contributed by atoms with E-state index in [-0.39, 0.29) is 0 Å². The Morgan fingerprint density at radius 3 is 2.22 bits per heavy atom. The molecule has 0 spiro atoms. The van der Waals surface area contributed by atoms with Crippen LogP contribution >= 0.6 is 0 Å². The number of nitrogens with one attached hydrogen (secondary N) is 1. The quantitative estimate of drug-likeness (QED) is 0.840. The van der Waals surface area contributed by atoms with E-state index in [0.717, 1.165) is 18.0 Å². The Labute approximate surface area is 109 Å². The SMILES string of the molecule is CCNC(c1c(OC)cccc1OC)C1CCC1. The minimum Gasteiger partial charge on any atom is -0.496 e. The molecule has 1 N–H and O–H groups in total. The van der Waals surface area contributed by atoms with Gasteiger partial charge in [0.25, 0.3) is 0 Å². The molecule has 1 fully saturated rings. The van der Waals surface area contributed by atoms with E-state index >= 15 is 0 Å². The molecular formula is C15H23NO2. The van der Waals surface area contributed by atoms with Gasteiger partial charge in [-0.3, -0.25) is 0 Å². The molecule has 0 heterocycles. The molecule has 0 amide bonds. The zero-order valence-corrected chi connectivity index (χ0v) is 11.5. The van der Waals surface area contributed by atoms with Crippen LogP contribution in [0.25, 0.3) is 0 Å². The van der Waals surface area contributed by atoms with E-state index in [1.807, 2.05) is 18.2 Å². The van der Waals surface area contributed by atoms with Crippen LogP contribution in [-0.2, 0) is 0 Å². The van der Waals surface area contributed by atoms with Crippen LogP contribution in [0, 0.1) is 5.92 Å². The molecule has 0 aliphatic heterocycles. The topological polar surface area (TPSA) is 30.5 Å². The lowest BCUT2D eigenvalue weighted by molar-refractivity contribution is 0.224. The van der Waals surface area contributed by atoms with Gasteiger partial charge in [0.05, 0.1) is 19.8 Å². The minimum absolute atomic E-state index is 0.342. The van der Waals surface area contributed by atoms with Crippen molar-refractivity contribution in [3.63, 3.8) is 0 Å². The summed E-state index contributed by atoms with van der Waals surface area (Å²) >= 11 is 0. The fourth-order valence-electron chi connectivity index (χ4n) is 2.68. The van der Waals surface area contributed by atoms with Gasteiger partial charge >= 0.3 is 0 Å². The maximum atomic E-state index is 5.51. The molecule has 1 aromatic rings. The molecule has 3 heteroatoms. The van der Waals surface area contributed by atoms with E-state index in [4.69, 9.17) is 9.47 Å². The average Bonchev–Trinajstić information content (AvgIpc) is 2.35. The molecule has 1 saturated carbocycles. The highest BCUT2D eigenvalue weighted by atomic mass is 16.5. The summed E-state index contributed by atoms with van der Waals surface area (Å²) in [7, 11) is 3.45. The number of hydrogen-bond acceptors (Lipinski definition) is 3. The summed E-state index contributed by atoms with van der Waals surface area (Å²) in [5.41, 5.74) is 1.18. The third kappa shape index (κ3) is 2.46. The lowest BCUT2D eigenvalue weighted by Gasteiger charge is -2.35. The maximum absolute atomic E-state index is 5.51. The third-order valence-electron chi connectivity index (χ3n) is 3.82. The van der Waals surface area contributed by atoms with Crippen LogP contribution in [0.4, 0.5) is 0 Å². The van der Waals surface area contributed by atoms with Crippen LogP contribution in [0.15, 0.2) is 18.2 Å². The Hall–Kier alpha value is -1.22. The zero-order valence-electron chi connectivity index (χ0n) is 11.5. The molecule has 18 heavy (non-hydrogen) atoms. The highest BCUT2D eigenvalue weighted by Gasteiger charge is 2.31. The van der Waals surface area contributed by atoms with Gasteiger partial charge in [0.2, 0.25) is 0 Å². The van der Waals surface area contributed by atoms with E-state index < -0.39 is 0 Å². The van der Waals surface area contributed by atoms with Gasteiger partial charge in [-0.25, -0.2) is 0 Å². The van der Waals surface area contributed by atoms with E-state index in [9.17, 15) is 0 Å². The van der Waals surface area contributed by atoms with E-state index in [1.54, 1.807) is 14.2 Å². The third-order valence-corrected chi connectivity index (χ3v) is 3.82. The molecular weight excluding hydrogens is 226 g/mol. The van der Waals surface area contributed by atoms with Crippen LogP contribution in [0.5, 0.6) is 11.5 Å². The predicted octanol–water partition coefficient (Wildman–Crippen LogP) is 3.15. The number of hydrogen-bond donors (Lipinski definition) is 1. The Balaban J connectivity index is 2.37. The van der Waals surface area contributed by atoms with Crippen LogP contribution in [0.2, 0.25) is 0 Å². The summed E-state index contributed by atoms with van der Waals surface area (Å²) in [6.45, 7) is 3.11. The fourth-order valence-corrected chi connectivity index (χ4v) is 2.68. The number of benzene rings is 1. The summed E-state index contributed by atoms with van der Waals surface area (Å²) in [6, 6.07) is 6.35. The summed E-state index contributed by atoms with van der Waals surface area (Å²) in [6.07, 6.45) is 3.92. The summed E-state index contributed by atoms with van der Waals surface area (Å²) < 4.78 is 11.0. The van der Waals surface area contributed by atoms with E-state index in [0.29, 0.717) is 12.0 Å². The molecule has 0 bridgehead atoms. The van der Waals surface area contributed by atoms with Crippen molar-refractivity contribution >= 4 is 0 Å². The van der Waals surface area contributed by atoms with Crippen LogP contribution in [0.3, 0.4) is 0 Å². The predicted molar refractivity (Wildman–Crippen MR) is 73.3 cm³/mol. The fraction of sp³-hybridized carbons (Fsp3) is 0.600. The lowest BCUT2D eigenvalue weighted by Crippen LogP contribution is -2.32. The van der Waals surface area contributed by atoms with Gasteiger partial charge in [-0.05, 0) is 37.4 Å². The molecule has 1 aliphatic rings. The van der Waals surface area contributed by atoms with Gasteiger partial charge in [0.1, 0.15) is 11.5 Å². The lowest BCUT2D eigenvalue weighted by atomic mass is 9.76. The molecule has 2 rings (SSSR count).